The van der Waals surface area contributed by atoms with E-state index in [1.165, 1.54) is 6.33 Å². The van der Waals surface area contributed by atoms with Gasteiger partial charge in [-0.15, -0.1) is 0 Å². The minimum absolute atomic E-state index is 0.0499. The monoisotopic (exact) mass is 470 g/mol. The molecule has 8 nitrogen and oxygen atoms in total. The van der Waals surface area contributed by atoms with Gasteiger partial charge in [0, 0.05) is 48.2 Å². The summed E-state index contributed by atoms with van der Waals surface area (Å²) in [6.45, 7) is 1.68. The minimum Gasteiger partial charge on any atom is -0.391 e. The SMILES string of the molecule is CN(Cc1c(Cl)cccc1Cl)c1ncnc(NC[C@H]2CCN(CC(N)=O)C[C@@H]2O)c1F. The third-order valence-corrected chi connectivity index (χ3v) is 6.01. The second-order valence-electron chi connectivity index (χ2n) is 7.61. The Kier molecular flexibility index (Phi) is 7.88. The molecule has 0 aliphatic carbocycles. The minimum atomic E-state index is -0.657. The molecular formula is C20H25Cl2FN6O2. The van der Waals surface area contributed by atoms with Crippen LogP contribution in [0.25, 0.3) is 0 Å². The molecule has 1 saturated heterocycles. The Morgan fingerprint density at radius 1 is 1.39 bits per heavy atom. The number of amides is 1. The lowest BCUT2D eigenvalue weighted by Crippen LogP contribution is -2.48. The highest BCUT2D eigenvalue weighted by molar-refractivity contribution is 6.36. The zero-order valence-corrected chi connectivity index (χ0v) is 18.6. The maximum absolute atomic E-state index is 15.1. The summed E-state index contributed by atoms with van der Waals surface area (Å²) in [7, 11) is 1.69. The van der Waals surface area contributed by atoms with Crippen LogP contribution in [0, 0.1) is 11.7 Å². The summed E-state index contributed by atoms with van der Waals surface area (Å²) in [4.78, 5) is 22.5. The van der Waals surface area contributed by atoms with E-state index in [9.17, 15) is 9.90 Å². The Balaban J connectivity index is 1.64. The van der Waals surface area contributed by atoms with E-state index in [-0.39, 0.29) is 30.6 Å². The molecule has 1 aromatic heterocycles. The van der Waals surface area contributed by atoms with Crippen molar-refractivity contribution in [3.05, 3.63) is 46.0 Å². The molecule has 1 aromatic carbocycles. The van der Waals surface area contributed by atoms with Gasteiger partial charge in [0.25, 0.3) is 0 Å². The van der Waals surface area contributed by atoms with Gasteiger partial charge in [-0.2, -0.15) is 4.39 Å². The molecule has 11 heteroatoms. The highest BCUT2D eigenvalue weighted by Crippen LogP contribution is 2.28. The van der Waals surface area contributed by atoms with Gasteiger partial charge < -0.3 is 21.1 Å². The van der Waals surface area contributed by atoms with Crippen molar-refractivity contribution in [3.63, 3.8) is 0 Å². The van der Waals surface area contributed by atoms with Gasteiger partial charge in [-0.3, -0.25) is 9.69 Å². The fourth-order valence-corrected chi connectivity index (χ4v) is 4.14. The van der Waals surface area contributed by atoms with Crippen molar-refractivity contribution < 1.29 is 14.3 Å². The van der Waals surface area contributed by atoms with E-state index in [4.69, 9.17) is 28.9 Å². The van der Waals surface area contributed by atoms with Gasteiger partial charge in [-0.1, -0.05) is 29.3 Å². The van der Waals surface area contributed by atoms with Crippen molar-refractivity contribution >= 4 is 40.7 Å². The van der Waals surface area contributed by atoms with Gasteiger partial charge in [0.15, 0.2) is 11.6 Å². The predicted molar refractivity (Wildman–Crippen MR) is 119 cm³/mol. The number of hydrogen-bond acceptors (Lipinski definition) is 7. The summed E-state index contributed by atoms with van der Waals surface area (Å²) >= 11 is 12.4. The van der Waals surface area contributed by atoms with E-state index in [1.54, 1.807) is 30.1 Å². The quantitative estimate of drug-likeness (QED) is 0.542. The number of aromatic nitrogens is 2. The average molecular weight is 471 g/mol. The first-order valence-corrected chi connectivity index (χ1v) is 10.6. The molecule has 0 saturated carbocycles. The lowest BCUT2D eigenvalue weighted by Gasteiger charge is -2.35. The number of rotatable bonds is 8. The molecule has 0 spiro atoms. The van der Waals surface area contributed by atoms with Crippen LogP contribution in [0.4, 0.5) is 16.0 Å². The number of likely N-dealkylation sites (tertiary alicyclic amines) is 1. The second-order valence-corrected chi connectivity index (χ2v) is 8.43. The van der Waals surface area contributed by atoms with Crippen LogP contribution < -0.4 is 16.0 Å². The lowest BCUT2D eigenvalue weighted by molar-refractivity contribution is -0.120. The van der Waals surface area contributed by atoms with Crippen LogP contribution in [0.15, 0.2) is 24.5 Å². The number of hydrogen-bond donors (Lipinski definition) is 3. The van der Waals surface area contributed by atoms with Gasteiger partial charge in [0.2, 0.25) is 11.7 Å². The van der Waals surface area contributed by atoms with Crippen molar-refractivity contribution in [2.24, 2.45) is 11.7 Å². The number of aliphatic hydroxyl groups is 1. The second kappa shape index (κ2) is 10.4. The fraction of sp³-hybridized carbons (Fsp3) is 0.450. The first-order valence-electron chi connectivity index (χ1n) is 9.83. The highest BCUT2D eigenvalue weighted by atomic mass is 35.5. The van der Waals surface area contributed by atoms with Crippen LogP contribution in [0.3, 0.4) is 0 Å². The number of aliphatic hydroxyl groups excluding tert-OH is 1. The fourth-order valence-electron chi connectivity index (χ4n) is 3.62. The van der Waals surface area contributed by atoms with Crippen molar-refractivity contribution in [1.29, 1.82) is 0 Å². The van der Waals surface area contributed by atoms with Crippen molar-refractivity contribution in [2.75, 3.05) is 43.4 Å². The average Bonchev–Trinajstić information content (AvgIpc) is 2.70. The molecule has 168 valence electrons. The maximum Gasteiger partial charge on any atom is 0.231 e. The third-order valence-electron chi connectivity index (χ3n) is 5.31. The van der Waals surface area contributed by atoms with Crippen LogP contribution >= 0.6 is 23.2 Å². The van der Waals surface area contributed by atoms with E-state index in [1.807, 2.05) is 4.90 Å². The van der Waals surface area contributed by atoms with Crippen LogP contribution in [-0.2, 0) is 11.3 Å². The summed E-state index contributed by atoms with van der Waals surface area (Å²) in [6, 6.07) is 5.19. The Labute approximate surface area is 190 Å². The molecule has 1 amide bonds. The number of halogens is 3. The van der Waals surface area contributed by atoms with Crippen LogP contribution in [0.5, 0.6) is 0 Å². The molecule has 2 atom stereocenters. The van der Waals surface area contributed by atoms with Crippen LogP contribution in [-0.4, -0.2) is 65.2 Å². The number of primary amides is 1. The van der Waals surface area contributed by atoms with E-state index in [2.05, 4.69) is 15.3 Å². The Hall–Kier alpha value is -2.20. The van der Waals surface area contributed by atoms with Crippen molar-refractivity contribution in [1.82, 2.24) is 14.9 Å². The number of β-amino-alcohol motifs (C(OH)–C–C–N with tert-alkyl or cyclic N) is 1. The number of carbonyl (C=O) groups is 1. The number of carbonyl (C=O) groups excluding carboxylic acids is 1. The topological polar surface area (TPSA) is 108 Å². The largest absolute Gasteiger partial charge is 0.391 e. The number of nitrogens with two attached hydrogens (primary N) is 1. The molecule has 4 N–H and O–H groups in total. The third kappa shape index (κ3) is 5.94. The van der Waals surface area contributed by atoms with E-state index < -0.39 is 17.8 Å². The Morgan fingerprint density at radius 2 is 2.10 bits per heavy atom. The number of anilines is 2. The number of piperidine rings is 1. The molecule has 0 radical (unpaired) electrons. The molecule has 1 aliphatic rings. The van der Waals surface area contributed by atoms with Gasteiger partial charge in [0.1, 0.15) is 6.33 Å². The zero-order valence-electron chi connectivity index (χ0n) is 17.1. The Bertz CT molecular complexity index is 914. The van der Waals surface area contributed by atoms with E-state index in [0.29, 0.717) is 41.7 Å². The number of benzene rings is 1. The van der Waals surface area contributed by atoms with Crippen LogP contribution in [0.1, 0.15) is 12.0 Å². The predicted octanol–water partition coefficient (Wildman–Crippen LogP) is 2.14. The van der Waals surface area contributed by atoms with Crippen molar-refractivity contribution in [2.45, 2.75) is 19.1 Å². The van der Waals surface area contributed by atoms with Gasteiger partial charge in [0.05, 0.1) is 12.6 Å². The molecular weight excluding hydrogens is 446 g/mol. The summed E-state index contributed by atoms with van der Waals surface area (Å²) < 4.78 is 15.1. The molecule has 0 bridgehead atoms. The highest BCUT2D eigenvalue weighted by Gasteiger charge is 2.28. The van der Waals surface area contributed by atoms with E-state index >= 15 is 4.39 Å². The summed E-state index contributed by atoms with van der Waals surface area (Å²) in [5.41, 5.74) is 5.88. The molecule has 1 fully saturated rings. The van der Waals surface area contributed by atoms with Crippen molar-refractivity contribution in [3.8, 4) is 0 Å². The molecule has 2 aromatic rings. The zero-order chi connectivity index (χ0) is 22.5. The summed E-state index contributed by atoms with van der Waals surface area (Å²) in [6.07, 6.45) is 1.26. The van der Waals surface area contributed by atoms with Gasteiger partial charge >= 0.3 is 0 Å². The van der Waals surface area contributed by atoms with Gasteiger partial charge in [-0.05, 0) is 25.1 Å². The lowest BCUT2D eigenvalue weighted by atomic mass is 9.94. The first-order chi connectivity index (χ1) is 14.8. The summed E-state index contributed by atoms with van der Waals surface area (Å²) in [5, 5.41) is 14.3. The maximum atomic E-state index is 15.1. The number of nitrogens with one attached hydrogen (secondary N) is 1. The first kappa shape index (κ1) is 23.5. The normalized spacial score (nSPS) is 19.3. The smallest absolute Gasteiger partial charge is 0.231 e. The number of nitrogens with zero attached hydrogens (tertiary/aromatic N) is 4. The van der Waals surface area contributed by atoms with Gasteiger partial charge in [-0.25, -0.2) is 9.97 Å². The summed E-state index contributed by atoms with van der Waals surface area (Å²) in [5.74, 6) is -0.990. The standard InChI is InChI=1S/C20H25Cl2FN6O2/c1-28(8-13-14(21)3-2-4-15(13)22)20-18(23)19(26-11-27-20)25-7-12-5-6-29(9-16(12)30)10-17(24)31/h2-4,11-12,16,30H,5-10H2,1H3,(H2,24,31)(H,25,26,27)/t12-,16+/m1/s1. The van der Waals surface area contributed by atoms with Crippen LogP contribution in [0.2, 0.25) is 10.0 Å². The molecule has 1 aliphatic heterocycles. The molecule has 3 rings (SSSR count). The Morgan fingerprint density at radius 3 is 2.74 bits per heavy atom. The molecule has 2 heterocycles. The van der Waals surface area contributed by atoms with E-state index in [0.717, 1.165) is 0 Å². The molecule has 0 unspecified atom stereocenters. The molecule has 31 heavy (non-hydrogen) atoms.